The van der Waals surface area contributed by atoms with Crippen LogP contribution in [0.4, 0.5) is 13.2 Å². The summed E-state index contributed by atoms with van der Waals surface area (Å²) in [5.74, 6) is 1.92. The maximum Gasteiger partial charge on any atom is 0.534 e. The Bertz CT molecular complexity index is 619. The fraction of sp³-hybridized carbons (Fsp3) is 0.714. The van der Waals surface area contributed by atoms with Crippen LogP contribution in [0.5, 0.6) is 0 Å². The number of alkyl halides is 3. The smallest absolute Gasteiger partial charge is 0.365 e. The Labute approximate surface area is 159 Å². The van der Waals surface area contributed by atoms with E-state index in [1.54, 1.807) is 0 Å². The molecule has 0 saturated heterocycles. The Morgan fingerprint density at radius 3 is 1.62 bits per heavy atom. The SMILES string of the molecule is CC(C)[Si](C#CC(OS(=O)(=O)C(F)(F)F)=C(Br)Br)(C(C)C)C(C)C. The lowest BCUT2D eigenvalue weighted by atomic mass is 10.5. The summed E-state index contributed by atoms with van der Waals surface area (Å²) in [7, 11) is -8.03. The van der Waals surface area contributed by atoms with E-state index in [0.29, 0.717) is 0 Å². The van der Waals surface area contributed by atoms with Crippen LogP contribution >= 0.6 is 31.9 Å². The molecule has 0 aliphatic carbocycles. The van der Waals surface area contributed by atoms with Crippen molar-refractivity contribution in [2.45, 2.75) is 63.7 Å². The number of allylic oxidation sites excluding steroid dienone is 1. The molecule has 3 nitrogen and oxygen atoms in total. The van der Waals surface area contributed by atoms with Crippen molar-refractivity contribution in [3.63, 3.8) is 0 Å². The zero-order valence-corrected chi connectivity index (χ0v) is 19.2. The second-order valence-electron chi connectivity index (χ2n) is 6.22. The molecule has 0 aromatic rings. The molecule has 0 amide bonds. The normalized spacial score (nSPS) is 13.1. The van der Waals surface area contributed by atoms with Gasteiger partial charge in [-0.2, -0.15) is 21.6 Å². The van der Waals surface area contributed by atoms with E-state index in [1.165, 1.54) is 0 Å². The van der Waals surface area contributed by atoms with E-state index < -0.39 is 29.5 Å². The Morgan fingerprint density at radius 1 is 1.00 bits per heavy atom. The van der Waals surface area contributed by atoms with E-state index in [0.717, 1.165) is 0 Å². The molecule has 0 unspecified atom stereocenters. The molecule has 0 aliphatic heterocycles. The molecule has 0 atom stereocenters. The van der Waals surface area contributed by atoms with Gasteiger partial charge in [0.1, 0.15) is 11.5 Å². The molecule has 10 heteroatoms. The molecule has 0 spiro atoms. The third-order valence-electron chi connectivity index (χ3n) is 3.91. The van der Waals surface area contributed by atoms with Crippen LogP contribution in [0.2, 0.25) is 16.6 Å². The fourth-order valence-corrected chi connectivity index (χ4v) is 9.06. The van der Waals surface area contributed by atoms with Crippen molar-refractivity contribution in [2.24, 2.45) is 0 Å². The Kier molecular flexibility index (Phi) is 8.61. The predicted octanol–water partition coefficient (Wildman–Crippen LogP) is 6.03. The molecular formula is C14H21Br2F3O3SSi. The van der Waals surface area contributed by atoms with E-state index in [4.69, 9.17) is 0 Å². The average molecular weight is 514 g/mol. The lowest BCUT2D eigenvalue weighted by molar-refractivity contribution is -0.0519. The summed E-state index contributed by atoms with van der Waals surface area (Å²) in [6, 6.07) is 0. The summed E-state index contributed by atoms with van der Waals surface area (Å²) in [4.78, 5) is 0. The van der Waals surface area contributed by atoms with E-state index in [9.17, 15) is 21.6 Å². The Hall–Kier alpha value is 0.0169. The molecule has 0 radical (unpaired) electrons. The first-order chi connectivity index (χ1) is 10.6. The van der Waals surface area contributed by atoms with Gasteiger partial charge >= 0.3 is 15.6 Å². The van der Waals surface area contributed by atoms with Crippen molar-refractivity contribution in [1.82, 2.24) is 0 Å². The van der Waals surface area contributed by atoms with Gasteiger partial charge in [0.2, 0.25) is 5.76 Å². The summed E-state index contributed by atoms with van der Waals surface area (Å²) in [6.07, 6.45) is 0. The van der Waals surface area contributed by atoms with Crippen LogP contribution in [0.25, 0.3) is 0 Å². The first-order valence-corrected chi connectivity index (χ1v) is 12.4. The van der Waals surface area contributed by atoms with Crippen molar-refractivity contribution >= 4 is 50.1 Å². The van der Waals surface area contributed by atoms with Gasteiger partial charge < -0.3 is 4.18 Å². The minimum Gasteiger partial charge on any atom is -0.365 e. The van der Waals surface area contributed by atoms with E-state index in [-0.39, 0.29) is 20.0 Å². The number of hydrogen-bond acceptors (Lipinski definition) is 3. The van der Waals surface area contributed by atoms with Gasteiger partial charge in [0.15, 0.2) is 0 Å². The predicted molar refractivity (Wildman–Crippen MR) is 99.8 cm³/mol. The van der Waals surface area contributed by atoms with Crippen molar-refractivity contribution in [1.29, 1.82) is 0 Å². The van der Waals surface area contributed by atoms with Crippen LogP contribution in [0.15, 0.2) is 9.15 Å². The molecule has 0 saturated carbocycles. The second kappa shape index (κ2) is 8.60. The largest absolute Gasteiger partial charge is 0.534 e. The van der Waals surface area contributed by atoms with Crippen molar-refractivity contribution in [2.75, 3.05) is 0 Å². The van der Waals surface area contributed by atoms with Crippen LogP contribution in [0.3, 0.4) is 0 Å². The summed E-state index contributed by atoms with van der Waals surface area (Å²) in [5, 5.41) is 0. The first kappa shape index (κ1) is 24.0. The molecule has 0 aromatic carbocycles. The molecule has 0 heterocycles. The van der Waals surface area contributed by atoms with Crippen molar-refractivity contribution in [3.8, 4) is 11.5 Å². The van der Waals surface area contributed by atoms with Crippen LogP contribution in [-0.4, -0.2) is 22.0 Å². The molecule has 0 N–H and O–H groups in total. The minimum atomic E-state index is -5.78. The number of rotatable bonds is 5. The van der Waals surface area contributed by atoms with Crippen LogP contribution in [0, 0.1) is 11.5 Å². The molecule has 0 aromatic heterocycles. The third kappa shape index (κ3) is 5.51. The fourth-order valence-electron chi connectivity index (χ4n) is 2.85. The molecule has 0 aliphatic rings. The molecule has 0 rings (SSSR count). The molecule has 140 valence electrons. The average Bonchev–Trinajstić information content (AvgIpc) is 2.34. The lowest BCUT2D eigenvalue weighted by Crippen LogP contribution is -2.43. The maximum absolute atomic E-state index is 12.5. The first-order valence-electron chi connectivity index (χ1n) is 7.18. The molecule has 24 heavy (non-hydrogen) atoms. The second-order valence-corrected chi connectivity index (χ2v) is 16.0. The van der Waals surface area contributed by atoms with Gasteiger partial charge in [-0.1, -0.05) is 41.5 Å². The van der Waals surface area contributed by atoms with Crippen LogP contribution < -0.4 is 0 Å². The Morgan fingerprint density at radius 2 is 1.38 bits per heavy atom. The minimum absolute atomic E-state index is 0.0884. The topological polar surface area (TPSA) is 43.4 Å². The van der Waals surface area contributed by atoms with Gasteiger partial charge in [-0.05, 0) is 54.4 Å². The van der Waals surface area contributed by atoms with Crippen molar-refractivity contribution in [3.05, 3.63) is 9.15 Å². The number of halogens is 5. The monoisotopic (exact) mass is 512 g/mol. The quantitative estimate of drug-likeness (QED) is 0.148. The summed E-state index contributed by atoms with van der Waals surface area (Å²) < 4.78 is 64.1. The van der Waals surface area contributed by atoms with Crippen LogP contribution in [0.1, 0.15) is 41.5 Å². The third-order valence-corrected chi connectivity index (χ3v) is 11.9. The summed E-state index contributed by atoms with van der Waals surface area (Å²) in [5.41, 5.74) is -1.71. The Balaban J connectivity index is 6.09. The van der Waals surface area contributed by atoms with Gasteiger partial charge in [-0.15, -0.1) is 5.54 Å². The van der Waals surface area contributed by atoms with Gasteiger partial charge in [0.25, 0.3) is 0 Å². The van der Waals surface area contributed by atoms with Crippen LogP contribution in [-0.2, 0) is 14.3 Å². The van der Waals surface area contributed by atoms with E-state index in [1.807, 2.05) is 41.5 Å². The van der Waals surface area contributed by atoms with Gasteiger partial charge in [0.05, 0.1) is 0 Å². The maximum atomic E-state index is 12.5. The van der Waals surface area contributed by atoms with Crippen molar-refractivity contribution < 1.29 is 25.8 Å². The molecule has 0 fully saturated rings. The van der Waals surface area contributed by atoms with Gasteiger partial charge in [0, 0.05) is 0 Å². The highest BCUT2D eigenvalue weighted by molar-refractivity contribution is 9.28. The summed E-state index contributed by atoms with van der Waals surface area (Å²) >= 11 is 5.78. The van der Waals surface area contributed by atoms with Gasteiger partial charge in [-0.3, -0.25) is 0 Å². The summed E-state index contributed by atoms with van der Waals surface area (Å²) in [6.45, 7) is 12.2. The zero-order valence-electron chi connectivity index (χ0n) is 14.3. The zero-order chi connectivity index (χ0) is 19.5. The van der Waals surface area contributed by atoms with E-state index >= 15 is 0 Å². The number of hydrogen-bond donors (Lipinski definition) is 0. The van der Waals surface area contributed by atoms with Gasteiger partial charge in [-0.25, -0.2) is 0 Å². The molecular weight excluding hydrogens is 493 g/mol. The highest BCUT2D eigenvalue weighted by atomic mass is 79.9. The lowest BCUT2D eigenvalue weighted by Gasteiger charge is -2.38. The highest BCUT2D eigenvalue weighted by Gasteiger charge is 2.49. The molecule has 0 bridgehead atoms. The standard InChI is InChI=1S/C14H21Br2F3O3SSi/c1-9(2)24(10(3)4,11(5)6)8-7-12(13(15)16)22-23(20,21)14(17,18)19/h9-11H,1-6H3. The highest BCUT2D eigenvalue weighted by Crippen LogP contribution is 2.41. The van der Waals surface area contributed by atoms with E-state index in [2.05, 4.69) is 47.5 Å².